The Balaban J connectivity index is 1.33. The Morgan fingerprint density at radius 2 is 1.95 bits per heavy atom. The van der Waals surface area contributed by atoms with Gasteiger partial charge in [-0.3, -0.25) is 13.5 Å². The predicted octanol–water partition coefficient (Wildman–Crippen LogP) is -1.82. The zero-order valence-corrected chi connectivity index (χ0v) is 22.3. The van der Waals surface area contributed by atoms with E-state index in [1.165, 1.54) is 41.4 Å². The van der Waals surface area contributed by atoms with Crippen molar-refractivity contribution in [2.24, 2.45) is 0 Å². The lowest BCUT2D eigenvalue weighted by Gasteiger charge is -2.16. The van der Waals surface area contributed by atoms with Gasteiger partial charge in [-0.2, -0.15) is 23.1 Å². The fourth-order valence-corrected chi connectivity index (χ4v) is 4.70. The molecule has 0 saturated carbocycles. The predicted molar refractivity (Wildman–Crippen MR) is 137 cm³/mol. The summed E-state index contributed by atoms with van der Waals surface area (Å²) in [5, 5.41) is 38.5. The number of fused-ring (bicyclic) bond motifs is 1. The Hall–Kier alpha value is -4.76. The number of nitrogen functional groups attached to an aromatic ring is 1. The van der Waals surface area contributed by atoms with Gasteiger partial charge in [-0.25, -0.2) is 14.5 Å². The molecule has 1 aliphatic heterocycles. The van der Waals surface area contributed by atoms with Gasteiger partial charge in [0, 0.05) is 0 Å². The van der Waals surface area contributed by atoms with E-state index in [0.717, 1.165) is 4.68 Å². The summed E-state index contributed by atoms with van der Waals surface area (Å²) in [4.78, 5) is 36.7. The molecule has 1 saturated heterocycles. The number of aliphatic hydroxyl groups is 2. The zero-order chi connectivity index (χ0) is 30.2. The highest BCUT2D eigenvalue weighted by Gasteiger charge is 2.45. The molecule has 6 N–H and O–H groups in total. The Bertz CT molecular complexity index is 1760. The molecule has 4 heterocycles. The molecule has 0 radical (unpaired) electrons. The molecule has 0 spiro atoms. The van der Waals surface area contributed by atoms with Crippen molar-refractivity contribution in [1.29, 1.82) is 0 Å². The first kappa shape index (κ1) is 28.8. The number of carbonyl (C=O) groups is 2. The van der Waals surface area contributed by atoms with Crippen LogP contribution in [0.1, 0.15) is 34.0 Å². The second kappa shape index (κ2) is 11.3. The molecule has 4 atom stereocenters. The fourth-order valence-electron chi connectivity index (χ4n) is 3.99. The second-order valence-electron chi connectivity index (χ2n) is 8.73. The Kier molecular flexibility index (Phi) is 7.71. The molecular weight excluding hydrogens is 582 g/mol. The molecule has 4 aromatic rings. The van der Waals surface area contributed by atoms with Crippen LogP contribution in [0, 0.1) is 0 Å². The first-order valence-corrected chi connectivity index (χ1v) is 13.5. The first-order valence-electron chi connectivity index (χ1n) is 12.1. The maximum Gasteiger partial charge on any atom is 0.362 e. The lowest BCUT2D eigenvalue weighted by Crippen LogP contribution is -2.37. The molecule has 1 fully saturated rings. The number of esters is 1. The number of amides is 1. The first-order chi connectivity index (χ1) is 20.0. The molecule has 1 aromatic carbocycles. The summed E-state index contributed by atoms with van der Waals surface area (Å²) < 4.78 is 43.9. The molecular formula is C22H23N9O10S. The van der Waals surface area contributed by atoms with Gasteiger partial charge in [0.25, 0.3) is 11.9 Å². The number of rotatable bonds is 9. The number of aromatic hydroxyl groups is 1. The molecule has 222 valence electrons. The molecule has 4 unspecified atom stereocenters. The van der Waals surface area contributed by atoms with Gasteiger partial charge in [0.15, 0.2) is 23.4 Å². The Labute approximate surface area is 235 Å². The van der Waals surface area contributed by atoms with E-state index in [0.29, 0.717) is 0 Å². The molecule has 0 aliphatic carbocycles. The SMILES string of the molecule is CCOC(=O)c1cn(-c2nc(N)c3ncn(C4OC(COS(=O)(=O)NC(=O)c5ccccc5O)C(O)C4O)c3n2)nn1. The van der Waals surface area contributed by atoms with Crippen LogP contribution < -0.4 is 10.5 Å². The van der Waals surface area contributed by atoms with E-state index in [1.807, 2.05) is 0 Å². The quantitative estimate of drug-likeness (QED) is 0.131. The minimum absolute atomic E-state index is 0.0334. The molecule has 5 rings (SSSR count). The van der Waals surface area contributed by atoms with Crippen LogP contribution in [0.25, 0.3) is 17.1 Å². The number of nitrogens with one attached hydrogen (secondary N) is 1. The summed E-state index contributed by atoms with van der Waals surface area (Å²) in [5.41, 5.74) is 5.74. The summed E-state index contributed by atoms with van der Waals surface area (Å²) in [7, 11) is -4.72. The third-order valence-electron chi connectivity index (χ3n) is 5.98. The molecule has 19 nitrogen and oxygen atoms in total. The van der Waals surface area contributed by atoms with Gasteiger partial charge >= 0.3 is 16.3 Å². The molecule has 1 aliphatic rings. The van der Waals surface area contributed by atoms with Gasteiger partial charge in [-0.1, -0.05) is 17.3 Å². The number of imidazole rings is 1. The van der Waals surface area contributed by atoms with Crippen molar-refractivity contribution in [3.05, 3.63) is 48.0 Å². The van der Waals surface area contributed by atoms with Crippen LogP contribution in [0.15, 0.2) is 36.8 Å². The van der Waals surface area contributed by atoms with E-state index in [4.69, 9.17) is 19.4 Å². The number of hydrogen-bond donors (Lipinski definition) is 5. The Morgan fingerprint density at radius 1 is 1.19 bits per heavy atom. The van der Waals surface area contributed by atoms with Gasteiger partial charge in [-0.15, -0.1) is 5.10 Å². The van der Waals surface area contributed by atoms with Crippen molar-refractivity contribution in [3.8, 4) is 11.7 Å². The lowest BCUT2D eigenvalue weighted by molar-refractivity contribution is -0.0468. The summed E-state index contributed by atoms with van der Waals surface area (Å²) in [6.45, 7) is 0.951. The number of para-hydroxylation sites is 1. The third kappa shape index (κ3) is 5.56. The van der Waals surface area contributed by atoms with Crippen LogP contribution in [-0.4, -0.2) is 102 Å². The Morgan fingerprint density at radius 3 is 2.69 bits per heavy atom. The van der Waals surface area contributed by atoms with Crippen LogP contribution in [0.2, 0.25) is 0 Å². The van der Waals surface area contributed by atoms with Crippen LogP contribution in [0.3, 0.4) is 0 Å². The van der Waals surface area contributed by atoms with Gasteiger partial charge in [-0.05, 0) is 19.1 Å². The topological polar surface area (TPSA) is 269 Å². The smallest absolute Gasteiger partial charge is 0.362 e. The number of nitrogens with two attached hydrogens (primary N) is 1. The average Bonchev–Trinajstić information content (AvgIpc) is 3.67. The zero-order valence-electron chi connectivity index (χ0n) is 21.5. The van der Waals surface area contributed by atoms with Gasteiger partial charge in [0.05, 0.1) is 31.3 Å². The van der Waals surface area contributed by atoms with E-state index in [1.54, 1.807) is 11.6 Å². The number of phenolic OH excluding ortho intramolecular Hbond substituents is 1. The monoisotopic (exact) mass is 605 g/mol. The van der Waals surface area contributed by atoms with Gasteiger partial charge in [0.1, 0.15) is 29.6 Å². The standard InChI is InChI=1S/C22H23N9O10S/c1-2-39-21(36)11-7-31(29-27-11)22-25-17(23)14-18(26-22)30(9-24-14)20-16(34)15(33)13(41-20)8-40-42(37,38)28-19(35)10-5-3-4-6-12(10)32/h3-7,9,13,15-16,20,32-34H,2,8H2,1H3,(H,28,35)(H2,23,25,26). The number of anilines is 1. The van der Waals surface area contributed by atoms with E-state index in [9.17, 15) is 33.3 Å². The summed E-state index contributed by atoms with van der Waals surface area (Å²) in [6, 6.07) is 5.25. The van der Waals surface area contributed by atoms with Crippen LogP contribution in [0.4, 0.5) is 5.82 Å². The average molecular weight is 606 g/mol. The van der Waals surface area contributed by atoms with Crippen molar-refractivity contribution in [2.75, 3.05) is 18.9 Å². The molecule has 3 aromatic heterocycles. The minimum Gasteiger partial charge on any atom is -0.507 e. The number of benzene rings is 1. The van der Waals surface area contributed by atoms with E-state index in [2.05, 4.69) is 25.3 Å². The second-order valence-corrected chi connectivity index (χ2v) is 10.1. The van der Waals surface area contributed by atoms with Gasteiger partial charge in [0.2, 0.25) is 0 Å². The highest BCUT2D eigenvalue weighted by molar-refractivity contribution is 7.85. The van der Waals surface area contributed by atoms with E-state index < -0.39 is 59.1 Å². The lowest BCUT2D eigenvalue weighted by atomic mass is 10.1. The summed E-state index contributed by atoms with van der Waals surface area (Å²) in [6.07, 6.45) is -3.56. The maximum atomic E-state index is 12.3. The molecule has 20 heteroatoms. The number of carbonyl (C=O) groups excluding carboxylic acids is 2. The summed E-state index contributed by atoms with van der Waals surface area (Å²) >= 11 is 0. The largest absolute Gasteiger partial charge is 0.507 e. The minimum atomic E-state index is -4.72. The van der Waals surface area contributed by atoms with Crippen molar-refractivity contribution >= 4 is 39.2 Å². The van der Waals surface area contributed by atoms with Crippen molar-refractivity contribution in [3.63, 3.8) is 0 Å². The highest BCUT2D eigenvalue weighted by atomic mass is 32.2. The number of nitrogens with zero attached hydrogens (tertiary/aromatic N) is 7. The van der Waals surface area contributed by atoms with Crippen LogP contribution in [0.5, 0.6) is 5.75 Å². The number of aromatic nitrogens is 7. The van der Waals surface area contributed by atoms with Crippen LogP contribution >= 0.6 is 0 Å². The van der Waals surface area contributed by atoms with Crippen molar-refractivity contribution in [2.45, 2.75) is 31.5 Å². The maximum absolute atomic E-state index is 12.3. The molecule has 42 heavy (non-hydrogen) atoms. The van der Waals surface area contributed by atoms with Crippen molar-refractivity contribution < 1.29 is 47.0 Å². The number of ether oxygens (including phenoxy) is 2. The summed E-state index contributed by atoms with van der Waals surface area (Å²) in [5.74, 6) is -2.54. The normalized spacial score (nSPS) is 20.5. The van der Waals surface area contributed by atoms with Gasteiger partial charge < -0.3 is 30.5 Å². The number of aliphatic hydroxyl groups excluding tert-OH is 2. The fraction of sp³-hybridized carbons (Fsp3) is 0.318. The highest BCUT2D eigenvalue weighted by Crippen LogP contribution is 2.32. The molecule has 1 amide bonds. The van der Waals surface area contributed by atoms with E-state index >= 15 is 0 Å². The number of hydrogen-bond acceptors (Lipinski definition) is 16. The van der Waals surface area contributed by atoms with Crippen LogP contribution in [-0.2, 0) is 24.0 Å². The van der Waals surface area contributed by atoms with Crippen molar-refractivity contribution in [1.82, 2.24) is 39.2 Å². The van der Waals surface area contributed by atoms with E-state index in [-0.39, 0.29) is 40.8 Å². The molecule has 0 bridgehead atoms. The third-order valence-corrected chi connectivity index (χ3v) is 6.87. The number of phenols is 1.